The van der Waals surface area contributed by atoms with E-state index in [4.69, 9.17) is 9.47 Å². The monoisotopic (exact) mass is 402 g/mol. The summed E-state index contributed by atoms with van der Waals surface area (Å²) < 4.78 is 12.3. The first kappa shape index (κ1) is 19.4. The molecule has 0 aliphatic rings. The predicted octanol–water partition coefficient (Wildman–Crippen LogP) is 3.73. The molecule has 1 unspecified atom stereocenters. The van der Waals surface area contributed by atoms with Crippen LogP contribution in [0.3, 0.4) is 0 Å². The van der Waals surface area contributed by atoms with Crippen LogP contribution in [0.15, 0.2) is 66.7 Å². The average molecular weight is 402 g/mol. The van der Waals surface area contributed by atoms with Crippen molar-refractivity contribution >= 4 is 16.9 Å². The molecular formula is C23H22N4O3. The molecule has 0 spiro atoms. The lowest BCUT2D eigenvalue weighted by Crippen LogP contribution is -2.34. The number of rotatable bonds is 6. The Morgan fingerprint density at radius 2 is 1.77 bits per heavy atom. The minimum absolute atomic E-state index is 0.262. The Labute approximate surface area is 174 Å². The van der Waals surface area contributed by atoms with Crippen LogP contribution in [0.1, 0.15) is 27.7 Å². The number of aromatic nitrogens is 3. The van der Waals surface area contributed by atoms with E-state index in [1.807, 2.05) is 55.5 Å². The van der Waals surface area contributed by atoms with Crippen LogP contribution in [-0.4, -0.2) is 35.1 Å². The summed E-state index contributed by atoms with van der Waals surface area (Å²) in [6, 6.07) is 20.7. The predicted molar refractivity (Wildman–Crippen MR) is 114 cm³/mol. The highest BCUT2D eigenvalue weighted by Gasteiger charge is 2.22. The first-order valence-electron chi connectivity index (χ1n) is 9.50. The zero-order valence-electron chi connectivity index (χ0n) is 17.0. The summed E-state index contributed by atoms with van der Waals surface area (Å²) in [6.07, 6.45) is -0.530. The van der Waals surface area contributed by atoms with Gasteiger partial charge < -0.3 is 14.8 Å². The molecule has 1 heterocycles. The van der Waals surface area contributed by atoms with E-state index in [1.54, 1.807) is 30.0 Å². The molecule has 0 radical (unpaired) electrons. The van der Waals surface area contributed by atoms with Gasteiger partial charge in [0.25, 0.3) is 5.91 Å². The largest absolute Gasteiger partial charge is 0.493 e. The lowest BCUT2D eigenvalue weighted by atomic mass is 10.1. The smallest absolute Gasteiger partial charge is 0.253 e. The maximum absolute atomic E-state index is 13.1. The van der Waals surface area contributed by atoms with Gasteiger partial charge in [-0.15, -0.1) is 5.10 Å². The number of fused-ring (bicyclic) bond motifs is 1. The molecule has 7 heteroatoms. The molecule has 0 saturated carbocycles. The quantitative estimate of drug-likeness (QED) is 0.532. The highest BCUT2D eigenvalue weighted by atomic mass is 16.5. The lowest BCUT2D eigenvalue weighted by molar-refractivity contribution is 0.0927. The lowest BCUT2D eigenvalue weighted by Gasteiger charge is -2.21. The molecule has 1 aromatic heterocycles. The highest BCUT2D eigenvalue weighted by Crippen LogP contribution is 2.28. The molecule has 152 valence electrons. The minimum Gasteiger partial charge on any atom is -0.493 e. The summed E-state index contributed by atoms with van der Waals surface area (Å²) >= 11 is 0. The number of ether oxygens (including phenoxy) is 2. The van der Waals surface area contributed by atoms with E-state index in [1.165, 1.54) is 7.11 Å². The van der Waals surface area contributed by atoms with Crippen molar-refractivity contribution in [3.8, 4) is 11.5 Å². The molecule has 0 fully saturated rings. The van der Waals surface area contributed by atoms with Crippen LogP contribution in [0, 0.1) is 6.92 Å². The van der Waals surface area contributed by atoms with Crippen molar-refractivity contribution in [2.75, 3.05) is 14.2 Å². The molecule has 0 saturated heterocycles. The number of para-hydroxylation sites is 1. The van der Waals surface area contributed by atoms with Crippen LogP contribution >= 0.6 is 0 Å². The summed E-state index contributed by atoms with van der Waals surface area (Å²) in [5.74, 6) is 0.789. The van der Waals surface area contributed by atoms with Gasteiger partial charge in [0.05, 0.1) is 19.7 Å². The van der Waals surface area contributed by atoms with Gasteiger partial charge in [0.2, 0.25) is 0 Å². The van der Waals surface area contributed by atoms with Gasteiger partial charge in [0, 0.05) is 5.56 Å². The Morgan fingerprint density at radius 3 is 2.53 bits per heavy atom. The number of nitrogens with one attached hydrogen (secondary N) is 1. The zero-order valence-corrected chi connectivity index (χ0v) is 17.0. The summed E-state index contributed by atoms with van der Waals surface area (Å²) in [5, 5.41) is 11.6. The van der Waals surface area contributed by atoms with E-state index in [0.29, 0.717) is 17.1 Å². The molecule has 1 amide bonds. The Kier molecular flexibility index (Phi) is 5.34. The highest BCUT2D eigenvalue weighted by molar-refractivity contribution is 5.95. The topological polar surface area (TPSA) is 78.3 Å². The number of carbonyl (C=O) groups excluding carboxylic acids is 1. The van der Waals surface area contributed by atoms with Gasteiger partial charge in [0.15, 0.2) is 17.7 Å². The normalized spacial score (nSPS) is 11.8. The Bertz CT molecular complexity index is 1200. The second kappa shape index (κ2) is 8.24. The Morgan fingerprint density at radius 1 is 0.967 bits per heavy atom. The minimum atomic E-state index is -0.530. The van der Waals surface area contributed by atoms with E-state index in [-0.39, 0.29) is 5.91 Å². The molecule has 1 N–H and O–H groups in total. The summed E-state index contributed by atoms with van der Waals surface area (Å²) in [4.78, 5) is 13.1. The van der Waals surface area contributed by atoms with Gasteiger partial charge in [-0.25, -0.2) is 4.68 Å². The van der Waals surface area contributed by atoms with Crippen LogP contribution < -0.4 is 14.8 Å². The van der Waals surface area contributed by atoms with E-state index in [9.17, 15) is 4.79 Å². The number of hydrogen-bond donors (Lipinski definition) is 1. The van der Waals surface area contributed by atoms with E-state index in [2.05, 4.69) is 15.6 Å². The SMILES string of the molecule is COc1ccc(C(=O)NC(c2cccc(C)c2)n2nnc3ccccc32)cc1OC. The molecule has 30 heavy (non-hydrogen) atoms. The second-order valence-corrected chi connectivity index (χ2v) is 6.88. The van der Waals surface area contributed by atoms with Gasteiger partial charge >= 0.3 is 0 Å². The fraction of sp³-hybridized carbons (Fsp3) is 0.174. The van der Waals surface area contributed by atoms with Gasteiger partial charge in [0.1, 0.15) is 5.52 Å². The third-order valence-electron chi connectivity index (χ3n) is 4.89. The van der Waals surface area contributed by atoms with Crippen LogP contribution in [0.25, 0.3) is 11.0 Å². The van der Waals surface area contributed by atoms with Gasteiger partial charge in [-0.1, -0.05) is 47.2 Å². The summed E-state index contributed by atoms with van der Waals surface area (Å²) in [7, 11) is 3.10. The van der Waals surface area contributed by atoms with Crippen LogP contribution in [0.4, 0.5) is 0 Å². The second-order valence-electron chi connectivity index (χ2n) is 6.88. The first-order valence-corrected chi connectivity index (χ1v) is 9.50. The van der Waals surface area contributed by atoms with Gasteiger partial charge in [-0.05, 0) is 42.8 Å². The van der Waals surface area contributed by atoms with Crippen molar-refractivity contribution in [1.82, 2.24) is 20.3 Å². The van der Waals surface area contributed by atoms with Crippen molar-refractivity contribution in [2.24, 2.45) is 0 Å². The van der Waals surface area contributed by atoms with Gasteiger partial charge in [-0.2, -0.15) is 0 Å². The first-order chi connectivity index (χ1) is 14.6. The summed E-state index contributed by atoms with van der Waals surface area (Å²) in [5.41, 5.74) is 4.03. The number of carbonyl (C=O) groups is 1. The summed E-state index contributed by atoms with van der Waals surface area (Å²) in [6.45, 7) is 2.01. The average Bonchev–Trinajstić information content (AvgIpc) is 3.20. The maximum Gasteiger partial charge on any atom is 0.253 e. The number of hydrogen-bond acceptors (Lipinski definition) is 5. The third kappa shape index (κ3) is 3.69. The van der Waals surface area contributed by atoms with Crippen molar-refractivity contribution in [2.45, 2.75) is 13.1 Å². The van der Waals surface area contributed by atoms with E-state index >= 15 is 0 Å². The Balaban J connectivity index is 1.74. The molecule has 7 nitrogen and oxygen atoms in total. The standard InChI is InChI=1S/C23H22N4O3/c1-15-7-6-8-16(13-15)22(27-19-10-5-4-9-18(19)25-26-27)24-23(28)17-11-12-20(29-2)21(14-17)30-3/h4-14,22H,1-3H3,(H,24,28). The molecule has 4 aromatic rings. The van der Waals surface area contributed by atoms with Crippen molar-refractivity contribution in [1.29, 1.82) is 0 Å². The van der Waals surface area contributed by atoms with Crippen molar-refractivity contribution < 1.29 is 14.3 Å². The number of nitrogens with zero attached hydrogens (tertiary/aromatic N) is 3. The molecule has 0 aliphatic heterocycles. The molecule has 3 aromatic carbocycles. The molecule has 0 bridgehead atoms. The van der Waals surface area contributed by atoms with Crippen molar-refractivity contribution in [3.63, 3.8) is 0 Å². The Hall–Kier alpha value is -3.87. The van der Waals surface area contributed by atoms with Crippen LogP contribution in [0.5, 0.6) is 11.5 Å². The van der Waals surface area contributed by atoms with Crippen LogP contribution in [0.2, 0.25) is 0 Å². The van der Waals surface area contributed by atoms with E-state index < -0.39 is 6.17 Å². The van der Waals surface area contributed by atoms with Crippen molar-refractivity contribution in [3.05, 3.63) is 83.4 Å². The zero-order chi connectivity index (χ0) is 21.1. The fourth-order valence-electron chi connectivity index (χ4n) is 3.39. The maximum atomic E-state index is 13.1. The fourth-order valence-corrected chi connectivity index (χ4v) is 3.39. The van der Waals surface area contributed by atoms with E-state index in [0.717, 1.165) is 22.2 Å². The molecule has 4 rings (SSSR count). The number of amides is 1. The molecular weight excluding hydrogens is 380 g/mol. The van der Waals surface area contributed by atoms with Crippen LogP contribution in [-0.2, 0) is 0 Å². The number of aryl methyl sites for hydroxylation is 1. The molecule has 1 atom stereocenters. The third-order valence-corrected chi connectivity index (χ3v) is 4.89. The number of methoxy groups -OCH3 is 2. The number of benzene rings is 3. The van der Waals surface area contributed by atoms with Gasteiger partial charge in [-0.3, -0.25) is 4.79 Å². The molecule has 0 aliphatic carbocycles.